The van der Waals surface area contributed by atoms with E-state index in [1.54, 1.807) is 12.4 Å². The average molecular weight is 229 g/mol. The van der Waals surface area contributed by atoms with Crippen molar-refractivity contribution in [1.29, 1.82) is 0 Å². The molecule has 2 aromatic heterocycles. The molecule has 0 aliphatic heterocycles. The van der Waals surface area contributed by atoms with Crippen molar-refractivity contribution in [2.75, 3.05) is 7.05 Å². The lowest BCUT2D eigenvalue weighted by molar-refractivity contribution is 0.476. The number of hydrogen-bond donors (Lipinski definition) is 1. The second kappa shape index (κ2) is 5.41. The molecule has 2 heterocycles. The van der Waals surface area contributed by atoms with Crippen LogP contribution in [0, 0.1) is 6.92 Å². The van der Waals surface area contributed by atoms with Gasteiger partial charge in [0.2, 0.25) is 0 Å². The third-order valence-corrected chi connectivity index (χ3v) is 2.27. The van der Waals surface area contributed by atoms with Crippen molar-refractivity contribution in [2.24, 2.45) is 0 Å². The van der Waals surface area contributed by atoms with Crippen molar-refractivity contribution in [3.8, 4) is 11.5 Å². The molecule has 0 saturated heterocycles. The maximum Gasteiger partial charge on any atom is 0.146 e. The highest BCUT2D eigenvalue weighted by Gasteiger charge is 1.99. The first-order valence-electron chi connectivity index (χ1n) is 5.47. The molecule has 2 aromatic rings. The van der Waals surface area contributed by atoms with Gasteiger partial charge >= 0.3 is 0 Å². The summed E-state index contributed by atoms with van der Waals surface area (Å²) in [5.74, 6) is 1.45. The number of rotatable bonds is 4. The molecule has 0 fully saturated rings. The third-order valence-electron chi connectivity index (χ3n) is 2.27. The van der Waals surface area contributed by atoms with Gasteiger partial charge in [0.25, 0.3) is 0 Å². The average Bonchev–Trinajstić information content (AvgIpc) is 2.33. The molecule has 4 nitrogen and oxygen atoms in total. The number of ether oxygens (including phenoxy) is 1. The lowest BCUT2D eigenvalue weighted by Gasteiger charge is -2.06. The van der Waals surface area contributed by atoms with Crippen molar-refractivity contribution in [3.63, 3.8) is 0 Å². The van der Waals surface area contributed by atoms with Crippen molar-refractivity contribution >= 4 is 0 Å². The highest BCUT2D eigenvalue weighted by atomic mass is 16.5. The predicted octanol–water partition coefficient (Wildman–Crippen LogP) is 2.30. The molecule has 0 saturated carbocycles. The molecule has 0 aromatic carbocycles. The van der Waals surface area contributed by atoms with Gasteiger partial charge in [-0.25, -0.2) is 0 Å². The van der Waals surface area contributed by atoms with Crippen LogP contribution in [0.2, 0.25) is 0 Å². The Labute approximate surface area is 101 Å². The molecule has 2 rings (SSSR count). The summed E-state index contributed by atoms with van der Waals surface area (Å²) < 4.78 is 5.67. The second-order valence-corrected chi connectivity index (χ2v) is 3.80. The van der Waals surface area contributed by atoms with Crippen LogP contribution in [-0.4, -0.2) is 17.0 Å². The zero-order valence-corrected chi connectivity index (χ0v) is 9.97. The summed E-state index contributed by atoms with van der Waals surface area (Å²) in [7, 11) is 1.90. The minimum Gasteiger partial charge on any atom is -0.454 e. The molecule has 0 radical (unpaired) electrons. The molecule has 0 amide bonds. The first-order chi connectivity index (χ1) is 8.28. The maximum atomic E-state index is 5.67. The molecule has 0 aliphatic carbocycles. The normalized spacial score (nSPS) is 10.2. The van der Waals surface area contributed by atoms with Crippen LogP contribution in [0.3, 0.4) is 0 Å². The molecule has 1 N–H and O–H groups in total. The Balaban J connectivity index is 2.12. The van der Waals surface area contributed by atoms with E-state index < -0.39 is 0 Å². The summed E-state index contributed by atoms with van der Waals surface area (Å²) >= 11 is 0. The van der Waals surface area contributed by atoms with Crippen LogP contribution in [0.25, 0.3) is 0 Å². The van der Waals surface area contributed by atoms with Gasteiger partial charge in [-0.05, 0) is 37.7 Å². The topological polar surface area (TPSA) is 47.0 Å². The minimum atomic E-state index is 0.721. The Kier molecular flexibility index (Phi) is 3.67. The van der Waals surface area contributed by atoms with Crippen LogP contribution in [0.15, 0.2) is 36.8 Å². The zero-order valence-electron chi connectivity index (χ0n) is 9.97. The molecule has 0 spiro atoms. The molecule has 0 unspecified atom stereocenters. The number of aryl methyl sites for hydroxylation is 1. The molecule has 0 bridgehead atoms. The number of nitrogens with zero attached hydrogens (tertiary/aromatic N) is 2. The number of nitrogens with one attached hydrogen (secondary N) is 1. The Hall–Kier alpha value is -1.94. The number of aromatic nitrogens is 2. The van der Waals surface area contributed by atoms with Gasteiger partial charge in [-0.2, -0.15) is 0 Å². The van der Waals surface area contributed by atoms with Gasteiger partial charge in [0, 0.05) is 18.4 Å². The predicted molar refractivity (Wildman–Crippen MR) is 66.0 cm³/mol. The van der Waals surface area contributed by atoms with Gasteiger partial charge < -0.3 is 10.1 Å². The van der Waals surface area contributed by atoms with E-state index in [4.69, 9.17) is 4.74 Å². The fraction of sp³-hybridized carbons (Fsp3) is 0.231. The lowest BCUT2D eigenvalue weighted by atomic mass is 10.3. The smallest absolute Gasteiger partial charge is 0.146 e. The highest BCUT2D eigenvalue weighted by molar-refractivity contribution is 5.30. The van der Waals surface area contributed by atoms with Gasteiger partial charge in [0.15, 0.2) is 0 Å². The van der Waals surface area contributed by atoms with Crippen molar-refractivity contribution < 1.29 is 4.74 Å². The fourth-order valence-corrected chi connectivity index (χ4v) is 1.47. The number of hydrogen-bond acceptors (Lipinski definition) is 4. The summed E-state index contributed by atoms with van der Waals surface area (Å²) in [6.45, 7) is 2.72. The molecular weight excluding hydrogens is 214 g/mol. The summed E-state index contributed by atoms with van der Waals surface area (Å²) in [5.41, 5.74) is 2.06. The zero-order chi connectivity index (χ0) is 12.1. The van der Waals surface area contributed by atoms with Gasteiger partial charge in [-0.1, -0.05) is 0 Å². The first-order valence-corrected chi connectivity index (χ1v) is 5.47. The van der Waals surface area contributed by atoms with Crippen LogP contribution >= 0.6 is 0 Å². The van der Waals surface area contributed by atoms with E-state index in [1.165, 1.54) is 0 Å². The Morgan fingerprint density at radius 1 is 1.18 bits per heavy atom. The third kappa shape index (κ3) is 3.26. The quantitative estimate of drug-likeness (QED) is 0.873. The molecule has 0 aliphatic rings. The van der Waals surface area contributed by atoms with E-state index in [0.29, 0.717) is 0 Å². The largest absolute Gasteiger partial charge is 0.454 e. The highest BCUT2D eigenvalue weighted by Crippen LogP contribution is 2.20. The van der Waals surface area contributed by atoms with Crippen molar-refractivity contribution in [3.05, 3.63) is 48.0 Å². The van der Waals surface area contributed by atoms with Crippen LogP contribution in [0.5, 0.6) is 11.5 Å². The standard InChI is InChI=1S/C13H15N3O/c1-10-3-4-12(9-16-10)17-13-5-11(6-14-2)7-15-8-13/h3-5,7-9,14H,6H2,1-2H3. The van der Waals surface area contributed by atoms with Crippen LogP contribution in [0.1, 0.15) is 11.3 Å². The Morgan fingerprint density at radius 3 is 2.76 bits per heavy atom. The van der Waals surface area contributed by atoms with E-state index in [-0.39, 0.29) is 0 Å². The Morgan fingerprint density at radius 2 is 2.06 bits per heavy atom. The molecular formula is C13H15N3O. The molecule has 88 valence electrons. The van der Waals surface area contributed by atoms with E-state index in [1.807, 2.05) is 38.4 Å². The van der Waals surface area contributed by atoms with E-state index in [9.17, 15) is 0 Å². The van der Waals surface area contributed by atoms with Gasteiger partial charge in [-0.3, -0.25) is 9.97 Å². The SMILES string of the molecule is CNCc1cncc(Oc2ccc(C)nc2)c1. The minimum absolute atomic E-state index is 0.721. The molecule has 17 heavy (non-hydrogen) atoms. The van der Waals surface area contributed by atoms with Gasteiger partial charge in [-0.15, -0.1) is 0 Å². The van der Waals surface area contributed by atoms with E-state index in [2.05, 4.69) is 15.3 Å². The van der Waals surface area contributed by atoms with Crippen molar-refractivity contribution in [2.45, 2.75) is 13.5 Å². The van der Waals surface area contributed by atoms with Crippen molar-refractivity contribution in [1.82, 2.24) is 15.3 Å². The Bertz CT molecular complexity index is 482. The van der Waals surface area contributed by atoms with E-state index in [0.717, 1.165) is 29.3 Å². The van der Waals surface area contributed by atoms with Gasteiger partial charge in [0.05, 0.1) is 12.4 Å². The van der Waals surface area contributed by atoms with Crippen LogP contribution < -0.4 is 10.1 Å². The van der Waals surface area contributed by atoms with Crippen LogP contribution in [-0.2, 0) is 6.54 Å². The first kappa shape index (κ1) is 11.5. The monoisotopic (exact) mass is 229 g/mol. The number of pyridine rings is 2. The van der Waals surface area contributed by atoms with Gasteiger partial charge in [0.1, 0.15) is 11.5 Å². The summed E-state index contributed by atoms with van der Waals surface area (Å²) in [5, 5.41) is 3.07. The van der Waals surface area contributed by atoms with Crippen LogP contribution in [0.4, 0.5) is 0 Å². The maximum absolute atomic E-state index is 5.67. The molecule has 0 atom stereocenters. The lowest BCUT2D eigenvalue weighted by Crippen LogP contribution is -2.05. The van der Waals surface area contributed by atoms with E-state index >= 15 is 0 Å². The summed E-state index contributed by atoms with van der Waals surface area (Å²) in [6.07, 6.45) is 5.22. The fourth-order valence-electron chi connectivity index (χ4n) is 1.47. The second-order valence-electron chi connectivity index (χ2n) is 3.80. The summed E-state index contributed by atoms with van der Waals surface area (Å²) in [4.78, 5) is 8.31. The molecule has 4 heteroatoms. The summed E-state index contributed by atoms with van der Waals surface area (Å²) in [6, 6.07) is 5.77.